The first-order chi connectivity index (χ1) is 12.6. The molecule has 2 heterocycles. The van der Waals surface area contributed by atoms with Crippen molar-refractivity contribution in [1.29, 1.82) is 0 Å². The number of carbonyl (C=O) groups is 1. The minimum Gasteiger partial charge on any atom is -0.493 e. The molecule has 0 saturated carbocycles. The number of aryl methyl sites for hydroxylation is 1. The maximum atomic E-state index is 12.8. The third-order valence-corrected chi connectivity index (χ3v) is 4.42. The summed E-state index contributed by atoms with van der Waals surface area (Å²) in [5, 5.41) is 6.97. The first-order valence-corrected chi connectivity index (χ1v) is 8.38. The predicted molar refractivity (Wildman–Crippen MR) is 95.0 cm³/mol. The van der Waals surface area contributed by atoms with Crippen LogP contribution in [0.1, 0.15) is 30.3 Å². The Balaban J connectivity index is 1.81. The number of rotatable bonds is 5. The van der Waals surface area contributed by atoms with Crippen LogP contribution >= 0.6 is 0 Å². The lowest BCUT2D eigenvalue weighted by Gasteiger charge is -2.24. The van der Waals surface area contributed by atoms with Crippen LogP contribution in [-0.4, -0.2) is 44.0 Å². The zero-order valence-electron chi connectivity index (χ0n) is 15.4. The fourth-order valence-corrected chi connectivity index (χ4v) is 3.21. The molecule has 2 amide bonds. The lowest BCUT2D eigenvalue weighted by Crippen LogP contribution is -2.34. The molecule has 26 heavy (non-hydrogen) atoms. The van der Waals surface area contributed by atoms with Gasteiger partial charge in [-0.3, -0.25) is 0 Å². The minimum atomic E-state index is -0.206. The topological polar surface area (TPSA) is 86.1 Å². The molecule has 1 aromatic carbocycles. The first kappa shape index (κ1) is 17.9. The van der Waals surface area contributed by atoms with Gasteiger partial charge in [-0.25, -0.2) is 4.79 Å². The average molecular weight is 361 g/mol. The standard InChI is InChI=1S/C18H23N3O5/c1-11-8-13(20-26-11)14-6-5-7-21(14)18(22)19-12-9-15(23-2)17(25-4)16(10-12)24-3/h8-10,14H,5-7H2,1-4H3,(H,19,22)/t14-/m1/s1. The van der Waals surface area contributed by atoms with Crippen molar-refractivity contribution in [3.05, 3.63) is 29.7 Å². The first-order valence-electron chi connectivity index (χ1n) is 8.38. The Bertz CT molecular complexity index is 764. The van der Waals surface area contributed by atoms with E-state index in [1.807, 2.05) is 13.0 Å². The molecule has 0 spiro atoms. The van der Waals surface area contributed by atoms with E-state index in [1.54, 1.807) is 17.0 Å². The van der Waals surface area contributed by atoms with Gasteiger partial charge in [0.1, 0.15) is 11.5 Å². The zero-order valence-corrected chi connectivity index (χ0v) is 15.4. The summed E-state index contributed by atoms with van der Waals surface area (Å²) < 4.78 is 21.1. The van der Waals surface area contributed by atoms with Gasteiger partial charge < -0.3 is 29.0 Å². The van der Waals surface area contributed by atoms with E-state index in [2.05, 4.69) is 10.5 Å². The summed E-state index contributed by atoms with van der Waals surface area (Å²) in [4.78, 5) is 14.6. The van der Waals surface area contributed by atoms with Crippen LogP contribution in [0.25, 0.3) is 0 Å². The third kappa shape index (κ3) is 3.40. The van der Waals surface area contributed by atoms with Gasteiger partial charge in [0.05, 0.1) is 33.1 Å². The van der Waals surface area contributed by atoms with E-state index in [0.717, 1.165) is 24.3 Å². The maximum Gasteiger partial charge on any atom is 0.322 e. The molecule has 8 nitrogen and oxygen atoms in total. The van der Waals surface area contributed by atoms with Crippen LogP contribution in [0, 0.1) is 6.92 Å². The van der Waals surface area contributed by atoms with Crippen LogP contribution in [0.5, 0.6) is 17.2 Å². The molecule has 0 bridgehead atoms. The van der Waals surface area contributed by atoms with Crippen molar-refractivity contribution >= 4 is 11.7 Å². The van der Waals surface area contributed by atoms with E-state index >= 15 is 0 Å². The van der Waals surface area contributed by atoms with Crippen molar-refractivity contribution in [1.82, 2.24) is 10.1 Å². The maximum absolute atomic E-state index is 12.8. The molecule has 3 rings (SSSR count). The van der Waals surface area contributed by atoms with E-state index in [0.29, 0.717) is 29.5 Å². The third-order valence-electron chi connectivity index (χ3n) is 4.42. The fourth-order valence-electron chi connectivity index (χ4n) is 3.21. The van der Waals surface area contributed by atoms with Crippen molar-refractivity contribution in [3.63, 3.8) is 0 Å². The van der Waals surface area contributed by atoms with Crippen molar-refractivity contribution in [2.45, 2.75) is 25.8 Å². The number of anilines is 1. The highest BCUT2D eigenvalue weighted by molar-refractivity contribution is 5.90. The van der Waals surface area contributed by atoms with Gasteiger partial charge in [-0.1, -0.05) is 5.16 Å². The van der Waals surface area contributed by atoms with E-state index in [4.69, 9.17) is 18.7 Å². The number of aromatic nitrogens is 1. The van der Waals surface area contributed by atoms with Crippen LogP contribution in [-0.2, 0) is 0 Å². The Kier molecular flexibility index (Phi) is 5.20. The molecule has 140 valence electrons. The molecule has 8 heteroatoms. The molecule has 0 radical (unpaired) electrons. The fraction of sp³-hybridized carbons (Fsp3) is 0.444. The molecule has 0 aliphatic carbocycles. The smallest absolute Gasteiger partial charge is 0.322 e. The monoisotopic (exact) mass is 361 g/mol. The van der Waals surface area contributed by atoms with E-state index < -0.39 is 0 Å². The summed E-state index contributed by atoms with van der Waals surface area (Å²) in [6.45, 7) is 2.50. The summed E-state index contributed by atoms with van der Waals surface area (Å²) in [5.74, 6) is 2.17. The lowest BCUT2D eigenvalue weighted by atomic mass is 10.1. The molecule has 1 fully saturated rings. The number of hydrogen-bond donors (Lipinski definition) is 1. The van der Waals surface area contributed by atoms with Crippen LogP contribution < -0.4 is 19.5 Å². The minimum absolute atomic E-state index is 0.0884. The molecular weight excluding hydrogens is 338 g/mol. The van der Waals surface area contributed by atoms with E-state index in [9.17, 15) is 4.79 Å². The SMILES string of the molecule is COc1cc(NC(=O)N2CCC[C@@H]2c2cc(C)on2)cc(OC)c1OC. The summed E-state index contributed by atoms with van der Waals surface area (Å²) >= 11 is 0. The Morgan fingerprint density at radius 3 is 2.42 bits per heavy atom. The number of ether oxygens (including phenoxy) is 3. The quantitative estimate of drug-likeness (QED) is 0.879. The van der Waals surface area contributed by atoms with Crippen molar-refractivity contribution in [2.75, 3.05) is 33.2 Å². The number of benzene rings is 1. The second-order valence-corrected chi connectivity index (χ2v) is 6.06. The molecule has 1 aliphatic heterocycles. The number of likely N-dealkylation sites (tertiary alicyclic amines) is 1. The Labute approximate surface area is 152 Å². The number of methoxy groups -OCH3 is 3. The molecule has 2 aromatic rings. The number of hydrogen-bond acceptors (Lipinski definition) is 6. The molecule has 1 saturated heterocycles. The molecule has 1 aliphatic rings. The average Bonchev–Trinajstić information content (AvgIpc) is 3.29. The lowest BCUT2D eigenvalue weighted by molar-refractivity contribution is 0.204. The second kappa shape index (κ2) is 7.55. The van der Waals surface area contributed by atoms with Gasteiger partial charge in [-0.2, -0.15) is 0 Å². The second-order valence-electron chi connectivity index (χ2n) is 6.06. The highest BCUT2D eigenvalue weighted by Crippen LogP contribution is 2.40. The van der Waals surface area contributed by atoms with Gasteiger partial charge in [-0.05, 0) is 19.8 Å². The molecule has 1 N–H and O–H groups in total. The Morgan fingerprint density at radius 2 is 1.88 bits per heavy atom. The number of urea groups is 1. The van der Waals surface area contributed by atoms with Crippen LogP contribution in [0.4, 0.5) is 10.5 Å². The van der Waals surface area contributed by atoms with Gasteiger partial charge in [0.15, 0.2) is 11.5 Å². The van der Waals surface area contributed by atoms with Crippen LogP contribution in [0.2, 0.25) is 0 Å². The van der Waals surface area contributed by atoms with Crippen LogP contribution in [0.15, 0.2) is 22.7 Å². The molecule has 1 aromatic heterocycles. The number of carbonyl (C=O) groups excluding carboxylic acids is 1. The Hall–Kier alpha value is -2.90. The van der Waals surface area contributed by atoms with Crippen LogP contribution in [0.3, 0.4) is 0 Å². The van der Waals surface area contributed by atoms with Gasteiger partial charge >= 0.3 is 6.03 Å². The highest BCUT2D eigenvalue weighted by atomic mass is 16.5. The summed E-state index contributed by atoms with van der Waals surface area (Å²) in [7, 11) is 4.60. The Morgan fingerprint density at radius 1 is 1.19 bits per heavy atom. The number of nitrogens with one attached hydrogen (secondary N) is 1. The van der Waals surface area contributed by atoms with Crippen molar-refractivity contribution in [3.8, 4) is 17.2 Å². The summed E-state index contributed by atoms with van der Waals surface area (Å²) in [6, 6.07) is 4.97. The van der Waals surface area contributed by atoms with E-state index in [-0.39, 0.29) is 12.1 Å². The summed E-state index contributed by atoms with van der Waals surface area (Å²) in [6.07, 6.45) is 1.77. The predicted octanol–water partition coefficient (Wildman–Crippen LogP) is 3.38. The zero-order chi connectivity index (χ0) is 18.7. The largest absolute Gasteiger partial charge is 0.493 e. The number of amides is 2. The van der Waals surface area contributed by atoms with Crippen molar-refractivity contribution < 1.29 is 23.5 Å². The van der Waals surface area contributed by atoms with Crippen molar-refractivity contribution in [2.24, 2.45) is 0 Å². The molecular formula is C18H23N3O5. The molecule has 0 unspecified atom stereocenters. The highest BCUT2D eigenvalue weighted by Gasteiger charge is 2.32. The normalized spacial score (nSPS) is 16.5. The van der Waals surface area contributed by atoms with Gasteiger partial charge in [-0.15, -0.1) is 0 Å². The molecule has 1 atom stereocenters. The van der Waals surface area contributed by atoms with Gasteiger partial charge in [0, 0.05) is 24.7 Å². The summed E-state index contributed by atoms with van der Waals surface area (Å²) in [5.41, 5.74) is 1.34. The number of nitrogens with zero attached hydrogens (tertiary/aromatic N) is 2. The van der Waals surface area contributed by atoms with Gasteiger partial charge in [0.25, 0.3) is 0 Å². The van der Waals surface area contributed by atoms with Gasteiger partial charge in [0.2, 0.25) is 5.75 Å². The van der Waals surface area contributed by atoms with E-state index in [1.165, 1.54) is 21.3 Å².